The zero-order valence-electron chi connectivity index (χ0n) is 19.1. The monoisotopic (exact) mass is 446 g/mol. The molecule has 1 saturated heterocycles. The second kappa shape index (κ2) is 8.15. The zero-order valence-corrected chi connectivity index (χ0v) is 19.1. The van der Waals surface area contributed by atoms with Gasteiger partial charge >= 0.3 is 0 Å². The molecule has 0 radical (unpaired) electrons. The largest absolute Gasteiger partial charge is 0.494 e. The summed E-state index contributed by atoms with van der Waals surface area (Å²) in [6.07, 6.45) is 1.74. The number of hydrogen-bond acceptors (Lipinski definition) is 5. The lowest BCUT2D eigenvalue weighted by Gasteiger charge is -2.22. The minimum atomic E-state index is -0.509. The summed E-state index contributed by atoms with van der Waals surface area (Å²) in [4.78, 5) is 21.8. The van der Waals surface area contributed by atoms with Crippen LogP contribution in [-0.4, -0.2) is 56.1 Å². The van der Waals surface area contributed by atoms with Crippen LogP contribution >= 0.6 is 0 Å². The highest BCUT2D eigenvalue weighted by atomic mass is 19.1. The molecule has 0 unspecified atom stereocenters. The van der Waals surface area contributed by atoms with Crippen LogP contribution in [0.25, 0.3) is 22.5 Å². The number of benzene rings is 2. The number of amides is 1. The predicted molar refractivity (Wildman–Crippen MR) is 127 cm³/mol. The van der Waals surface area contributed by atoms with E-state index in [9.17, 15) is 9.18 Å². The number of hydrogen-bond donors (Lipinski definition) is 1. The maximum Gasteiger partial charge on any atom is 0.249 e. The lowest BCUT2D eigenvalue weighted by Crippen LogP contribution is -2.31. The molecule has 170 valence electrons. The molecule has 1 atom stereocenters. The predicted octanol–water partition coefficient (Wildman–Crippen LogP) is 3.71. The van der Waals surface area contributed by atoms with Gasteiger partial charge in [0.05, 0.1) is 18.5 Å². The number of carbonyl (C=O) groups is 1. The molecular formula is C26H27FN4O2. The van der Waals surface area contributed by atoms with E-state index in [1.165, 1.54) is 18.9 Å². The van der Waals surface area contributed by atoms with E-state index in [0.29, 0.717) is 29.3 Å². The van der Waals surface area contributed by atoms with Gasteiger partial charge in [-0.2, -0.15) is 0 Å². The Balaban J connectivity index is 1.54. The average Bonchev–Trinajstić information content (AvgIpc) is 3.43. The van der Waals surface area contributed by atoms with Crippen LogP contribution in [0.3, 0.4) is 0 Å². The topological polar surface area (TPSA) is 71.7 Å². The normalized spacial score (nSPS) is 16.8. The molecule has 3 aromatic rings. The first kappa shape index (κ1) is 21.4. The molecule has 2 aromatic carbocycles. The molecule has 1 aromatic heterocycles. The second-order valence-corrected chi connectivity index (χ2v) is 8.97. The van der Waals surface area contributed by atoms with Crippen LogP contribution in [0.4, 0.5) is 10.1 Å². The van der Waals surface area contributed by atoms with Gasteiger partial charge in [-0.3, -0.25) is 4.79 Å². The number of carbonyl (C=O) groups excluding carboxylic acids is 1. The maximum atomic E-state index is 14.3. The van der Waals surface area contributed by atoms with Crippen molar-refractivity contribution in [2.45, 2.75) is 18.9 Å². The van der Waals surface area contributed by atoms with Gasteiger partial charge in [0.25, 0.3) is 0 Å². The number of nitrogens with two attached hydrogens (primary N) is 1. The Kier molecular flexibility index (Phi) is 5.29. The third-order valence-electron chi connectivity index (χ3n) is 6.81. The number of nitrogens with zero attached hydrogens (tertiary/aromatic N) is 3. The molecular weight excluding hydrogens is 419 g/mol. The van der Waals surface area contributed by atoms with Gasteiger partial charge in [0.15, 0.2) is 11.6 Å². The third kappa shape index (κ3) is 3.72. The first-order chi connectivity index (χ1) is 15.9. The van der Waals surface area contributed by atoms with Crippen molar-refractivity contribution in [3.63, 3.8) is 0 Å². The fraction of sp³-hybridized carbons (Fsp3) is 0.308. The van der Waals surface area contributed by atoms with Gasteiger partial charge in [0.1, 0.15) is 0 Å². The first-order valence-corrected chi connectivity index (χ1v) is 11.1. The number of anilines is 1. The maximum absolute atomic E-state index is 14.3. The smallest absolute Gasteiger partial charge is 0.249 e. The van der Waals surface area contributed by atoms with Gasteiger partial charge < -0.3 is 20.3 Å². The highest BCUT2D eigenvalue weighted by Gasteiger charge is 2.29. The molecule has 6 nitrogen and oxygen atoms in total. The number of fused-ring (bicyclic) bond motifs is 3. The van der Waals surface area contributed by atoms with E-state index in [0.717, 1.165) is 41.9 Å². The summed E-state index contributed by atoms with van der Waals surface area (Å²) in [5.74, 6) is -0.832. The van der Waals surface area contributed by atoms with Gasteiger partial charge in [0, 0.05) is 47.9 Å². The molecule has 0 saturated carbocycles. The summed E-state index contributed by atoms with van der Waals surface area (Å²) in [6.45, 7) is 2.02. The summed E-state index contributed by atoms with van der Waals surface area (Å²) in [5.41, 5.74) is 12.1. The molecule has 2 heterocycles. The lowest BCUT2D eigenvalue weighted by molar-refractivity contribution is 0.0999. The van der Waals surface area contributed by atoms with Crippen molar-refractivity contribution in [3.8, 4) is 28.3 Å². The fourth-order valence-electron chi connectivity index (χ4n) is 4.91. The number of ether oxygens (including phenoxy) is 1. The van der Waals surface area contributed by atoms with Crippen LogP contribution in [0.15, 0.2) is 42.5 Å². The summed E-state index contributed by atoms with van der Waals surface area (Å²) in [6, 6.07) is 13.3. The minimum Gasteiger partial charge on any atom is -0.494 e. The number of aromatic nitrogens is 1. The van der Waals surface area contributed by atoms with Gasteiger partial charge in [-0.25, -0.2) is 9.37 Å². The fourth-order valence-corrected chi connectivity index (χ4v) is 4.91. The SMILES string of the molecule is COc1ccc(-c2cc(C(N)=O)c3c(n2)-c2ccc(N4CC[C@@H](N(C)C)C4)cc2C3)cc1F. The Morgan fingerprint density at radius 1 is 1.21 bits per heavy atom. The first-order valence-electron chi connectivity index (χ1n) is 11.1. The van der Waals surface area contributed by atoms with Crippen molar-refractivity contribution >= 4 is 11.6 Å². The zero-order chi connectivity index (χ0) is 23.3. The minimum absolute atomic E-state index is 0.159. The van der Waals surface area contributed by atoms with E-state index in [4.69, 9.17) is 15.5 Å². The Bertz CT molecular complexity index is 1260. The highest BCUT2D eigenvalue weighted by molar-refractivity contribution is 5.98. The number of likely N-dealkylation sites (N-methyl/N-ethyl adjacent to an activating group) is 1. The molecule has 1 aliphatic carbocycles. The Morgan fingerprint density at radius 3 is 2.70 bits per heavy atom. The number of rotatable bonds is 5. The van der Waals surface area contributed by atoms with Gasteiger partial charge in [-0.1, -0.05) is 6.07 Å². The number of primary amides is 1. The van der Waals surface area contributed by atoms with Crippen LogP contribution in [0.1, 0.15) is 27.9 Å². The molecule has 2 aliphatic rings. The quantitative estimate of drug-likeness (QED) is 0.506. The molecule has 1 aliphatic heterocycles. The standard InChI is InChI=1S/C26H27FN4O2/c1-30(2)18-8-9-31(14-18)17-5-6-19-16(10-17)11-20-21(26(28)32)13-23(29-25(19)20)15-4-7-24(33-3)22(27)12-15/h4-7,10,12-13,18H,8-9,11,14H2,1-3H3,(H2,28,32)/t18-/m1/s1. The van der Waals surface area contributed by atoms with Crippen LogP contribution in [0.2, 0.25) is 0 Å². The van der Waals surface area contributed by atoms with Gasteiger partial charge in [0.2, 0.25) is 5.91 Å². The summed E-state index contributed by atoms with van der Waals surface area (Å²) in [7, 11) is 5.67. The summed E-state index contributed by atoms with van der Waals surface area (Å²) < 4.78 is 19.3. The van der Waals surface area contributed by atoms with E-state index in [1.807, 2.05) is 0 Å². The highest BCUT2D eigenvalue weighted by Crippen LogP contribution is 2.41. The molecule has 5 rings (SSSR count). The lowest BCUT2D eigenvalue weighted by atomic mass is 10.0. The Hall–Kier alpha value is -3.45. The molecule has 0 spiro atoms. The van der Waals surface area contributed by atoms with E-state index >= 15 is 0 Å². The van der Waals surface area contributed by atoms with E-state index in [1.54, 1.807) is 18.2 Å². The van der Waals surface area contributed by atoms with Gasteiger partial charge in [-0.05, 0) is 68.0 Å². The summed E-state index contributed by atoms with van der Waals surface area (Å²) in [5, 5.41) is 0. The van der Waals surface area contributed by atoms with Gasteiger partial charge in [-0.15, -0.1) is 0 Å². The van der Waals surface area contributed by atoms with Crippen molar-refractivity contribution in [3.05, 3.63) is 65.0 Å². The van der Waals surface area contributed by atoms with Crippen LogP contribution in [0, 0.1) is 5.82 Å². The molecule has 0 bridgehead atoms. The number of pyridine rings is 1. The second-order valence-electron chi connectivity index (χ2n) is 8.97. The average molecular weight is 447 g/mol. The third-order valence-corrected chi connectivity index (χ3v) is 6.81. The molecule has 2 N–H and O–H groups in total. The van der Waals surface area contributed by atoms with E-state index < -0.39 is 11.7 Å². The van der Waals surface area contributed by atoms with Crippen molar-refractivity contribution in [2.24, 2.45) is 5.73 Å². The Labute approximate surface area is 192 Å². The molecule has 33 heavy (non-hydrogen) atoms. The van der Waals surface area contributed by atoms with E-state index in [-0.39, 0.29) is 5.75 Å². The molecule has 7 heteroatoms. The van der Waals surface area contributed by atoms with Crippen molar-refractivity contribution in [1.82, 2.24) is 9.88 Å². The van der Waals surface area contributed by atoms with Crippen molar-refractivity contribution in [2.75, 3.05) is 39.2 Å². The number of halogens is 1. The number of methoxy groups -OCH3 is 1. The van der Waals surface area contributed by atoms with Crippen LogP contribution < -0.4 is 15.4 Å². The van der Waals surface area contributed by atoms with Crippen molar-refractivity contribution in [1.29, 1.82) is 0 Å². The Morgan fingerprint density at radius 2 is 2.03 bits per heavy atom. The van der Waals surface area contributed by atoms with Crippen LogP contribution in [-0.2, 0) is 6.42 Å². The molecule has 1 fully saturated rings. The summed E-state index contributed by atoms with van der Waals surface area (Å²) >= 11 is 0. The van der Waals surface area contributed by atoms with Crippen molar-refractivity contribution < 1.29 is 13.9 Å². The molecule has 1 amide bonds. The van der Waals surface area contributed by atoms with Crippen LogP contribution in [0.5, 0.6) is 5.75 Å². The van der Waals surface area contributed by atoms with E-state index in [2.05, 4.69) is 42.1 Å².